The Bertz CT molecular complexity index is 591. The van der Waals surface area contributed by atoms with Gasteiger partial charge in [-0.3, -0.25) is 0 Å². The van der Waals surface area contributed by atoms with Crippen molar-refractivity contribution in [3.63, 3.8) is 0 Å². The maximum atomic E-state index is 13.3. The second kappa shape index (κ2) is 5.96. The third kappa shape index (κ3) is 3.04. The lowest BCUT2D eigenvalue weighted by molar-refractivity contribution is 0.273. The first-order valence-corrected chi connectivity index (χ1v) is 7.68. The number of rotatable bonds is 3. The van der Waals surface area contributed by atoms with Crippen LogP contribution in [0.15, 0.2) is 46.9 Å². The van der Waals surface area contributed by atoms with Crippen LogP contribution in [0.2, 0.25) is 0 Å². The Morgan fingerprint density at radius 1 is 1.20 bits per heavy atom. The van der Waals surface area contributed by atoms with Gasteiger partial charge in [0, 0.05) is 16.5 Å². The SMILES string of the molecule is Fc1cc(Br)cc(OCC2CCCc3ccccc32)c1. The average Bonchev–Trinajstić information content (AvgIpc) is 2.44. The highest BCUT2D eigenvalue weighted by molar-refractivity contribution is 9.10. The summed E-state index contributed by atoms with van der Waals surface area (Å²) in [6.45, 7) is 0.604. The standard InChI is InChI=1S/C17H16BrFO/c18-14-8-15(19)10-16(9-14)20-11-13-6-3-5-12-4-1-2-7-17(12)13/h1-2,4,7-10,13H,3,5-6,11H2. The van der Waals surface area contributed by atoms with Crippen LogP contribution in [0.1, 0.15) is 29.9 Å². The summed E-state index contributed by atoms with van der Waals surface area (Å²) in [6.07, 6.45) is 3.48. The summed E-state index contributed by atoms with van der Waals surface area (Å²) < 4.78 is 19.8. The maximum absolute atomic E-state index is 13.3. The maximum Gasteiger partial charge on any atom is 0.128 e. The summed E-state index contributed by atoms with van der Waals surface area (Å²) in [5.41, 5.74) is 2.81. The molecular formula is C17H16BrFO. The van der Waals surface area contributed by atoms with E-state index in [0.29, 0.717) is 22.7 Å². The zero-order chi connectivity index (χ0) is 13.9. The van der Waals surface area contributed by atoms with E-state index in [4.69, 9.17) is 4.74 Å². The van der Waals surface area contributed by atoms with Gasteiger partial charge in [0.2, 0.25) is 0 Å². The van der Waals surface area contributed by atoms with Gasteiger partial charge in [-0.1, -0.05) is 40.2 Å². The van der Waals surface area contributed by atoms with Crippen LogP contribution in [0.25, 0.3) is 0 Å². The van der Waals surface area contributed by atoms with Crippen molar-refractivity contribution in [1.29, 1.82) is 0 Å². The average molecular weight is 335 g/mol. The largest absolute Gasteiger partial charge is 0.493 e. The van der Waals surface area contributed by atoms with Crippen LogP contribution in [-0.4, -0.2) is 6.61 Å². The molecule has 0 heterocycles. The molecule has 0 saturated heterocycles. The molecule has 0 radical (unpaired) electrons. The molecule has 1 atom stereocenters. The molecule has 1 aliphatic carbocycles. The molecule has 20 heavy (non-hydrogen) atoms. The summed E-state index contributed by atoms with van der Waals surface area (Å²) >= 11 is 3.28. The first kappa shape index (κ1) is 13.6. The highest BCUT2D eigenvalue weighted by Crippen LogP contribution is 2.32. The van der Waals surface area contributed by atoms with Gasteiger partial charge in [-0.05, 0) is 42.5 Å². The molecule has 1 nitrogen and oxygen atoms in total. The number of benzene rings is 2. The van der Waals surface area contributed by atoms with Crippen LogP contribution in [0.4, 0.5) is 4.39 Å². The lowest BCUT2D eigenvalue weighted by Gasteiger charge is -2.25. The van der Waals surface area contributed by atoms with Crippen LogP contribution in [-0.2, 0) is 6.42 Å². The fourth-order valence-electron chi connectivity index (χ4n) is 2.84. The van der Waals surface area contributed by atoms with E-state index in [0.717, 1.165) is 12.8 Å². The fraction of sp³-hybridized carbons (Fsp3) is 0.294. The predicted octanol–water partition coefficient (Wildman–Crippen LogP) is 5.09. The van der Waals surface area contributed by atoms with E-state index in [2.05, 4.69) is 40.2 Å². The topological polar surface area (TPSA) is 9.23 Å². The highest BCUT2D eigenvalue weighted by Gasteiger charge is 2.20. The van der Waals surface area contributed by atoms with Gasteiger partial charge in [0.15, 0.2) is 0 Å². The zero-order valence-electron chi connectivity index (χ0n) is 11.1. The minimum absolute atomic E-state index is 0.279. The van der Waals surface area contributed by atoms with E-state index >= 15 is 0 Å². The number of ether oxygens (including phenoxy) is 1. The Labute approximate surface area is 126 Å². The highest BCUT2D eigenvalue weighted by atomic mass is 79.9. The second-order valence-corrected chi connectivity index (χ2v) is 6.12. The van der Waals surface area contributed by atoms with Gasteiger partial charge < -0.3 is 4.74 Å². The van der Waals surface area contributed by atoms with Crippen molar-refractivity contribution in [2.45, 2.75) is 25.2 Å². The molecule has 0 aromatic heterocycles. The monoisotopic (exact) mass is 334 g/mol. The van der Waals surface area contributed by atoms with Crippen molar-refractivity contribution in [2.24, 2.45) is 0 Å². The normalized spacial score (nSPS) is 17.6. The van der Waals surface area contributed by atoms with E-state index in [1.807, 2.05) is 0 Å². The predicted molar refractivity (Wildman–Crippen MR) is 81.7 cm³/mol. The number of fused-ring (bicyclic) bond motifs is 1. The lowest BCUT2D eigenvalue weighted by atomic mass is 9.83. The number of hydrogen-bond donors (Lipinski definition) is 0. The van der Waals surface area contributed by atoms with Gasteiger partial charge in [-0.15, -0.1) is 0 Å². The Hall–Kier alpha value is -1.35. The molecule has 0 aliphatic heterocycles. The minimum Gasteiger partial charge on any atom is -0.493 e. The molecular weight excluding hydrogens is 319 g/mol. The van der Waals surface area contributed by atoms with E-state index in [1.165, 1.54) is 29.7 Å². The fourth-order valence-corrected chi connectivity index (χ4v) is 3.28. The van der Waals surface area contributed by atoms with Crippen molar-refractivity contribution in [1.82, 2.24) is 0 Å². The van der Waals surface area contributed by atoms with Gasteiger partial charge in [0.05, 0.1) is 6.61 Å². The van der Waals surface area contributed by atoms with Gasteiger partial charge in [-0.2, -0.15) is 0 Å². The number of aryl methyl sites for hydroxylation is 1. The molecule has 3 heteroatoms. The molecule has 1 aliphatic rings. The molecule has 0 amide bonds. The minimum atomic E-state index is -0.279. The molecule has 0 N–H and O–H groups in total. The first-order valence-electron chi connectivity index (χ1n) is 6.89. The van der Waals surface area contributed by atoms with Crippen molar-refractivity contribution in [3.05, 3.63) is 63.9 Å². The van der Waals surface area contributed by atoms with Crippen LogP contribution >= 0.6 is 15.9 Å². The number of hydrogen-bond acceptors (Lipinski definition) is 1. The Morgan fingerprint density at radius 2 is 2.05 bits per heavy atom. The number of halogens is 2. The van der Waals surface area contributed by atoms with Crippen LogP contribution < -0.4 is 4.74 Å². The van der Waals surface area contributed by atoms with Gasteiger partial charge in [-0.25, -0.2) is 4.39 Å². The summed E-state index contributed by atoms with van der Waals surface area (Å²) in [4.78, 5) is 0. The molecule has 0 bridgehead atoms. The van der Waals surface area contributed by atoms with Gasteiger partial charge in [0.25, 0.3) is 0 Å². The van der Waals surface area contributed by atoms with E-state index in [9.17, 15) is 4.39 Å². The van der Waals surface area contributed by atoms with E-state index < -0.39 is 0 Å². The van der Waals surface area contributed by atoms with Crippen molar-refractivity contribution in [2.75, 3.05) is 6.61 Å². The first-order chi connectivity index (χ1) is 9.72. The second-order valence-electron chi connectivity index (χ2n) is 5.20. The third-order valence-electron chi connectivity index (χ3n) is 3.78. The molecule has 0 saturated carbocycles. The molecule has 104 valence electrons. The molecule has 0 fully saturated rings. The Balaban J connectivity index is 1.73. The quantitative estimate of drug-likeness (QED) is 0.759. The van der Waals surface area contributed by atoms with Crippen molar-refractivity contribution in [3.8, 4) is 5.75 Å². The summed E-state index contributed by atoms with van der Waals surface area (Å²) in [6, 6.07) is 13.2. The Kier molecular flexibility index (Phi) is 4.06. The molecule has 1 unspecified atom stereocenters. The van der Waals surface area contributed by atoms with Gasteiger partial charge >= 0.3 is 0 Å². The van der Waals surface area contributed by atoms with Crippen molar-refractivity contribution < 1.29 is 9.13 Å². The molecule has 0 spiro atoms. The van der Waals surface area contributed by atoms with Crippen LogP contribution in [0.3, 0.4) is 0 Å². The van der Waals surface area contributed by atoms with Gasteiger partial charge in [0.1, 0.15) is 11.6 Å². The molecule has 2 aromatic carbocycles. The summed E-state index contributed by atoms with van der Waals surface area (Å²) in [5.74, 6) is 0.709. The van der Waals surface area contributed by atoms with E-state index in [1.54, 1.807) is 6.07 Å². The Morgan fingerprint density at radius 3 is 2.90 bits per heavy atom. The molecule has 3 rings (SSSR count). The van der Waals surface area contributed by atoms with Crippen molar-refractivity contribution >= 4 is 15.9 Å². The molecule has 2 aromatic rings. The van der Waals surface area contributed by atoms with E-state index in [-0.39, 0.29) is 5.82 Å². The summed E-state index contributed by atoms with van der Waals surface area (Å²) in [7, 11) is 0. The lowest BCUT2D eigenvalue weighted by Crippen LogP contribution is -2.16. The zero-order valence-corrected chi connectivity index (χ0v) is 12.7. The van der Waals surface area contributed by atoms with Crippen LogP contribution in [0.5, 0.6) is 5.75 Å². The third-order valence-corrected chi connectivity index (χ3v) is 4.24. The van der Waals surface area contributed by atoms with Crippen LogP contribution in [0, 0.1) is 5.82 Å². The summed E-state index contributed by atoms with van der Waals surface area (Å²) in [5, 5.41) is 0. The smallest absolute Gasteiger partial charge is 0.128 e.